The molecule has 1 heterocycles. The van der Waals surface area contributed by atoms with E-state index in [1.807, 2.05) is 0 Å². The number of rotatable bonds is 4. The van der Waals surface area contributed by atoms with Crippen LogP contribution < -0.4 is 15.8 Å². The number of carbonyl (C=O) groups is 1. The third-order valence-electron chi connectivity index (χ3n) is 1.72. The van der Waals surface area contributed by atoms with E-state index in [1.165, 1.54) is 14.2 Å². The largest absolute Gasteiger partial charge is 0.479 e. The number of hydrogen-bond acceptors (Lipinski definition) is 6. The summed E-state index contributed by atoms with van der Waals surface area (Å²) >= 11 is 0. The second-order valence-electron chi connectivity index (χ2n) is 2.72. The molecule has 0 amide bonds. The van der Waals surface area contributed by atoms with Crippen molar-refractivity contribution in [2.45, 2.75) is 0 Å². The third-order valence-corrected chi connectivity index (χ3v) is 1.72. The molecule has 0 unspecified atom stereocenters. The Balaban J connectivity index is 2.66. The molecule has 0 saturated carbocycles. The summed E-state index contributed by atoms with van der Waals surface area (Å²) in [5, 5.41) is 2.78. The summed E-state index contributed by atoms with van der Waals surface area (Å²) in [5.41, 5.74) is 6.02. The number of pyridine rings is 1. The number of methoxy groups -OCH3 is 2. The number of nitrogens with two attached hydrogens (primary N) is 1. The van der Waals surface area contributed by atoms with Crippen LogP contribution >= 0.6 is 0 Å². The van der Waals surface area contributed by atoms with Gasteiger partial charge in [-0.15, -0.1) is 0 Å². The first-order valence-corrected chi connectivity index (χ1v) is 4.28. The molecule has 0 aliphatic carbocycles. The Morgan fingerprint density at radius 2 is 2.27 bits per heavy atom. The molecule has 82 valence electrons. The normalized spacial score (nSPS) is 9.47. The van der Waals surface area contributed by atoms with Crippen LogP contribution in [-0.2, 0) is 9.53 Å². The highest BCUT2D eigenvalue weighted by molar-refractivity contribution is 5.74. The predicted molar refractivity (Wildman–Crippen MR) is 55.7 cm³/mol. The van der Waals surface area contributed by atoms with E-state index in [-0.39, 0.29) is 12.5 Å². The van der Waals surface area contributed by atoms with Crippen molar-refractivity contribution in [3.05, 3.63) is 12.1 Å². The predicted octanol–water partition coefficient (Wildman–Crippen LogP) is 0.257. The summed E-state index contributed by atoms with van der Waals surface area (Å²) in [7, 11) is 2.80. The summed E-state index contributed by atoms with van der Waals surface area (Å²) in [5.74, 6) is 0.462. The highest BCUT2D eigenvalue weighted by Gasteiger charge is 2.04. The van der Waals surface area contributed by atoms with Crippen molar-refractivity contribution in [3.8, 4) is 5.88 Å². The van der Waals surface area contributed by atoms with E-state index in [0.717, 1.165) is 0 Å². The minimum Gasteiger partial charge on any atom is -0.479 e. The van der Waals surface area contributed by atoms with Crippen LogP contribution in [0.25, 0.3) is 0 Å². The molecule has 0 aromatic carbocycles. The molecule has 3 N–H and O–H groups in total. The zero-order valence-corrected chi connectivity index (χ0v) is 8.61. The van der Waals surface area contributed by atoms with Crippen molar-refractivity contribution in [1.82, 2.24) is 4.98 Å². The van der Waals surface area contributed by atoms with Crippen LogP contribution in [0.1, 0.15) is 0 Å². The number of anilines is 2. The SMILES string of the molecule is COC(=O)CNc1ccc(N)c(OC)n1. The van der Waals surface area contributed by atoms with Gasteiger partial charge in [-0.2, -0.15) is 4.98 Å². The number of aromatic nitrogens is 1. The monoisotopic (exact) mass is 211 g/mol. The van der Waals surface area contributed by atoms with Gasteiger partial charge in [0.2, 0.25) is 5.88 Å². The minimum atomic E-state index is -0.368. The molecule has 6 heteroatoms. The van der Waals surface area contributed by atoms with Crippen LogP contribution in [0.5, 0.6) is 5.88 Å². The Bertz CT molecular complexity index is 354. The van der Waals surface area contributed by atoms with Gasteiger partial charge >= 0.3 is 5.97 Å². The van der Waals surface area contributed by atoms with Crippen LogP contribution in [-0.4, -0.2) is 31.7 Å². The lowest BCUT2D eigenvalue weighted by Crippen LogP contribution is -2.15. The lowest BCUT2D eigenvalue weighted by molar-refractivity contribution is -0.138. The van der Waals surface area contributed by atoms with E-state index in [1.54, 1.807) is 12.1 Å². The lowest BCUT2D eigenvalue weighted by atomic mass is 10.4. The van der Waals surface area contributed by atoms with Crippen molar-refractivity contribution in [2.24, 2.45) is 0 Å². The van der Waals surface area contributed by atoms with E-state index in [2.05, 4.69) is 15.0 Å². The first kappa shape index (κ1) is 11.1. The summed E-state index contributed by atoms with van der Waals surface area (Å²) in [6.07, 6.45) is 0. The van der Waals surface area contributed by atoms with Crippen molar-refractivity contribution < 1.29 is 14.3 Å². The molecule has 1 aromatic rings. The fourth-order valence-corrected chi connectivity index (χ4v) is 0.948. The number of carbonyl (C=O) groups excluding carboxylic acids is 1. The van der Waals surface area contributed by atoms with E-state index in [9.17, 15) is 4.79 Å². The first-order chi connectivity index (χ1) is 7.17. The van der Waals surface area contributed by atoms with Gasteiger partial charge in [0.15, 0.2) is 0 Å². The zero-order valence-electron chi connectivity index (χ0n) is 8.61. The lowest BCUT2D eigenvalue weighted by Gasteiger charge is -2.07. The number of ether oxygens (including phenoxy) is 2. The maximum atomic E-state index is 10.8. The fourth-order valence-electron chi connectivity index (χ4n) is 0.948. The highest BCUT2D eigenvalue weighted by Crippen LogP contribution is 2.19. The Morgan fingerprint density at radius 3 is 2.87 bits per heavy atom. The van der Waals surface area contributed by atoms with E-state index >= 15 is 0 Å². The maximum absolute atomic E-state index is 10.8. The fraction of sp³-hybridized carbons (Fsp3) is 0.333. The molecule has 6 nitrogen and oxygen atoms in total. The van der Waals surface area contributed by atoms with Gasteiger partial charge in [0.1, 0.15) is 12.4 Å². The van der Waals surface area contributed by atoms with Gasteiger partial charge in [-0.25, -0.2) is 0 Å². The van der Waals surface area contributed by atoms with Crippen LogP contribution in [0.15, 0.2) is 12.1 Å². The Labute approximate surface area is 87.4 Å². The zero-order chi connectivity index (χ0) is 11.3. The second kappa shape index (κ2) is 5.04. The Hall–Kier alpha value is -1.98. The molecule has 0 fully saturated rings. The number of nitrogens with zero attached hydrogens (tertiary/aromatic N) is 1. The van der Waals surface area contributed by atoms with Gasteiger partial charge < -0.3 is 20.5 Å². The summed E-state index contributed by atoms with van der Waals surface area (Å²) in [4.78, 5) is 14.9. The quantitative estimate of drug-likeness (QED) is 0.694. The maximum Gasteiger partial charge on any atom is 0.325 e. The van der Waals surface area contributed by atoms with Crippen LogP contribution in [0.3, 0.4) is 0 Å². The molecule has 0 aliphatic heterocycles. The van der Waals surface area contributed by atoms with Gasteiger partial charge in [0.05, 0.1) is 19.9 Å². The molecule has 0 saturated heterocycles. The van der Waals surface area contributed by atoms with E-state index in [4.69, 9.17) is 10.5 Å². The summed E-state index contributed by atoms with van der Waals surface area (Å²) in [6, 6.07) is 3.30. The molecule has 0 aliphatic rings. The van der Waals surface area contributed by atoms with Crippen molar-refractivity contribution in [1.29, 1.82) is 0 Å². The Morgan fingerprint density at radius 1 is 1.53 bits per heavy atom. The molecule has 1 aromatic heterocycles. The van der Waals surface area contributed by atoms with Crippen LogP contribution in [0.4, 0.5) is 11.5 Å². The van der Waals surface area contributed by atoms with Crippen LogP contribution in [0.2, 0.25) is 0 Å². The van der Waals surface area contributed by atoms with Crippen molar-refractivity contribution >= 4 is 17.5 Å². The number of esters is 1. The smallest absolute Gasteiger partial charge is 0.325 e. The minimum absolute atomic E-state index is 0.0522. The van der Waals surface area contributed by atoms with Crippen LogP contribution in [0, 0.1) is 0 Å². The average molecular weight is 211 g/mol. The standard InChI is InChI=1S/C9H13N3O3/c1-14-8(13)5-11-7-4-3-6(10)9(12-7)15-2/h3-4H,5,10H2,1-2H3,(H,11,12). The highest BCUT2D eigenvalue weighted by atomic mass is 16.5. The first-order valence-electron chi connectivity index (χ1n) is 4.28. The molecular weight excluding hydrogens is 198 g/mol. The van der Waals surface area contributed by atoms with Gasteiger partial charge in [0.25, 0.3) is 0 Å². The topological polar surface area (TPSA) is 86.5 Å². The molecular formula is C9H13N3O3. The molecule has 1 rings (SSSR count). The molecule has 0 atom stereocenters. The van der Waals surface area contributed by atoms with Gasteiger partial charge in [-0.1, -0.05) is 0 Å². The van der Waals surface area contributed by atoms with Gasteiger partial charge in [-0.3, -0.25) is 4.79 Å². The number of nitrogens with one attached hydrogen (secondary N) is 1. The van der Waals surface area contributed by atoms with Gasteiger partial charge in [0, 0.05) is 0 Å². The van der Waals surface area contributed by atoms with E-state index in [0.29, 0.717) is 17.4 Å². The average Bonchev–Trinajstić information content (AvgIpc) is 2.27. The number of nitrogen functional groups attached to an aromatic ring is 1. The van der Waals surface area contributed by atoms with Crippen molar-refractivity contribution in [3.63, 3.8) is 0 Å². The summed E-state index contributed by atoms with van der Waals surface area (Å²) < 4.78 is 9.39. The van der Waals surface area contributed by atoms with Gasteiger partial charge in [-0.05, 0) is 12.1 Å². The van der Waals surface area contributed by atoms with E-state index < -0.39 is 0 Å². The summed E-state index contributed by atoms with van der Waals surface area (Å²) in [6.45, 7) is 0.0522. The molecule has 15 heavy (non-hydrogen) atoms. The Kier molecular flexibility index (Phi) is 3.73. The molecule has 0 bridgehead atoms. The second-order valence-corrected chi connectivity index (χ2v) is 2.72. The molecule has 0 spiro atoms. The third kappa shape index (κ3) is 3.01. The van der Waals surface area contributed by atoms with Crippen molar-refractivity contribution in [2.75, 3.05) is 31.8 Å². The molecule has 0 radical (unpaired) electrons. The number of hydrogen-bond donors (Lipinski definition) is 2.